The lowest BCUT2D eigenvalue weighted by molar-refractivity contribution is 0.526. The third-order valence-corrected chi connectivity index (χ3v) is 2.85. The topological polar surface area (TPSA) is 17.3 Å². The van der Waals surface area contributed by atoms with Crippen molar-refractivity contribution in [2.75, 3.05) is 0 Å². The van der Waals surface area contributed by atoms with Gasteiger partial charge in [0.2, 0.25) is 0 Å². The van der Waals surface area contributed by atoms with Gasteiger partial charge in [-0.05, 0) is 18.1 Å². The SMILES string of the molecule is CC(C)C(C)c1cn2ccccc2n1. The average molecular weight is 188 g/mol. The standard InChI is InChI=1S/C12H16N2/c1-9(2)10(3)11-8-14-7-5-4-6-12(14)13-11/h4-10H,1-3H3. The Morgan fingerprint density at radius 1 is 1.21 bits per heavy atom. The molecule has 2 heterocycles. The molecule has 0 spiro atoms. The Hall–Kier alpha value is -1.31. The van der Waals surface area contributed by atoms with Gasteiger partial charge in [0.15, 0.2) is 0 Å². The molecule has 0 aromatic carbocycles. The molecule has 0 radical (unpaired) electrons. The van der Waals surface area contributed by atoms with Crippen molar-refractivity contribution in [3.63, 3.8) is 0 Å². The normalized spacial score (nSPS) is 13.7. The van der Waals surface area contributed by atoms with Crippen LogP contribution >= 0.6 is 0 Å². The zero-order valence-corrected chi connectivity index (χ0v) is 8.94. The van der Waals surface area contributed by atoms with Crippen LogP contribution < -0.4 is 0 Å². The van der Waals surface area contributed by atoms with E-state index in [9.17, 15) is 0 Å². The summed E-state index contributed by atoms with van der Waals surface area (Å²) in [4.78, 5) is 4.60. The highest BCUT2D eigenvalue weighted by molar-refractivity contribution is 5.40. The molecule has 1 atom stereocenters. The summed E-state index contributed by atoms with van der Waals surface area (Å²) in [6.07, 6.45) is 4.17. The second kappa shape index (κ2) is 3.45. The average Bonchev–Trinajstić information content (AvgIpc) is 2.59. The van der Waals surface area contributed by atoms with Gasteiger partial charge in [0.25, 0.3) is 0 Å². The molecule has 2 aromatic rings. The lowest BCUT2D eigenvalue weighted by Gasteiger charge is -2.11. The van der Waals surface area contributed by atoms with Gasteiger partial charge >= 0.3 is 0 Å². The zero-order chi connectivity index (χ0) is 10.1. The number of aromatic nitrogens is 2. The van der Waals surface area contributed by atoms with Crippen molar-refractivity contribution >= 4 is 5.65 Å². The smallest absolute Gasteiger partial charge is 0.136 e. The summed E-state index contributed by atoms with van der Waals surface area (Å²) < 4.78 is 2.08. The molecule has 0 aliphatic rings. The number of nitrogens with zero attached hydrogens (tertiary/aromatic N) is 2. The molecule has 0 N–H and O–H groups in total. The Labute approximate surface area is 84.6 Å². The summed E-state index contributed by atoms with van der Waals surface area (Å²) in [6.45, 7) is 6.69. The Morgan fingerprint density at radius 3 is 2.64 bits per heavy atom. The molecule has 0 saturated carbocycles. The van der Waals surface area contributed by atoms with Gasteiger partial charge in [-0.15, -0.1) is 0 Å². The molecule has 0 aliphatic carbocycles. The highest BCUT2D eigenvalue weighted by Gasteiger charge is 2.12. The molecule has 0 amide bonds. The van der Waals surface area contributed by atoms with E-state index in [4.69, 9.17) is 0 Å². The van der Waals surface area contributed by atoms with Gasteiger partial charge < -0.3 is 4.40 Å². The predicted molar refractivity (Wildman–Crippen MR) is 58.4 cm³/mol. The summed E-state index contributed by atoms with van der Waals surface area (Å²) in [5, 5.41) is 0. The lowest BCUT2D eigenvalue weighted by Crippen LogP contribution is -2.01. The Kier molecular flexibility index (Phi) is 2.28. The van der Waals surface area contributed by atoms with E-state index in [0.717, 1.165) is 5.65 Å². The van der Waals surface area contributed by atoms with Crippen LogP contribution in [0.25, 0.3) is 5.65 Å². The molecular formula is C12H16N2. The molecule has 14 heavy (non-hydrogen) atoms. The van der Waals surface area contributed by atoms with Crippen LogP contribution in [0.3, 0.4) is 0 Å². The summed E-state index contributed by atoms with van der Waals surface area (Å²) in [5.41, 5.74) is 2.22. The van der Waals surface area contributed by atoms with Crippen LogP contribution in [0.1, 0.15) is 32.4 Å². The van der Waals surface area contributed by atoms with Crippen molar-refractivity contribution in [1.82, 2.24) is 9.38 Å². The first-order valence-corrected chi connectivity index (χ1v) is 5.12. The number of pyridine rings is 1. The molecule has 0 bridgehead atoms. The Bertz CT molecular complexity index is 396. The third-order valence-electron chi connectivity index (χ3n) is 2.85. The number of fused-ring (bicyclic) bond motifs is 1. The van der Waals surface area contributed by atoms with Gasteiger partial charge in [-0.2, -0.15) is 0 Å². The first-order valence-electron chi connectivity index (χ1n) is 5.12. The van der Waals surface area contributed by atoms with E-state index < -0.39 is 0 Å². The van der Waals surface area contributed by atoms with Crippen LogP contribution in [-0.2, 0) is 0 Å². The van der Waals surface area contributed by atoms with Crippen LogP contribution in [-0.4, -0.2) is 9.38 Å². The van der Waals surface area contributed by atoms with E-state index in [2.05, 4.69) is 36.4 Å². The molecule has 2 rings (SSSR count). The summed E-state index contributed by atoms with van der Waals surface area (Å²) >= 11 is 0. The third kappa shape index (κ3) is 1.52. The number of rotatable bonds is 2. The van der Waals surface area contributed by atoms with E-state index in [1.54, 1.807) is 0 Å². The largest absolute Gasteiger partial charge is 0.307 e. The quantitative estimate of drug-likeness (QED) is 0.708. The van der Waals surface area contributed by atoms with Crippen LogP contribution in [0.4, 0.5) is 0 Å². The number of imidazole rings is 1. The van der Waals surface area contributed by atoms with E-state index in [0.29, 0.717) is 11.8 Å². The minimum atomic E-state index is 0.523. The maximum Gasteiger partial charge on any atom is 0.136 e. The van der Waals surface area contributed by atoms with Crippen molar-refractivity contribution in [2.45, 2.75) is 26.7 Å². The monoisotopic (exact) mass is 188 g/mol. The van der Waals surface area contributed by atoms with Gasteiger partial charge in [0.05, 0.1) is 5.69 Å². The van der Waals surface area contributed by atoms with Crippen LogP contribution in [0.15, 0.2) is 30.6 Å². The molecule has 1 unspecified atom stereocenters. The predicted octanol–water partition coefficient (Wildman–Crippen LogP) is 3.09. The number of hydrogen-bond acceptors (Lipinski definition) is 1. The van der Waals surface area contributed by atoms with Gasteiger partial charge in [-0.25, -0.2) is 4.98 Å². The van der Waals surface area contributed by atoms with E-state index in [-0.39, 0.29) is 0 Å². The van der Waals surface area contributed by atoms with E-state index >= 15 is 0 Å². The Morgan fingerprint density at radius 2 is 2.00 bits per heavy atom. The van der Waals surface area contributed by atoms with Crippen molar-refractivity contribution in [1.29, 1.82) is 0 Å². The van der Waals surface area contributed by atoms with Gasteiger partial charge in [-0.1, -0.05) is 26.8 Å². The summed E-state index contributed by atoms with van der Waals surface area (Å²) in [5.74, 6) is 1.16. The second-order valence-electron chi connectivity index (χ2n) is 4.16. The van der Waals surface area contributed by atoms with Crippen LogP contribution in [0.2, 0.25) is 0 Å². The fourth-order valence-corrected chi connectivity index (χ4v) is 1.52. The molecule has 0 aliphatic heterocycles. The first-order chi connectivity index (χ1) is 6.68. The number of hydrogen-bond donors (Lipinski definition) is 0. The van der Waals surface area contributed by atoms with Crippen molar-refractivity contribution in [3.05, 3.63) is 36.3 Å². The van der Waals surface area contributed by atoms with Crippen molar-refractivity contribution in [3.8, 4) is 0 Å². The van der Waals surface area contributed by atoms with Crippen molar-refractivity contribution < 1.29 is 0 Å². The molecule has 2 nitrogen and oxygen atoms in total. The maximum atomic E-state index is 4.60. The summed E-state index contributed by atoms with van der Waals surface area (Å²) in [6, 6.07) is 6.08. The van der Waals surface area contributed by atoms with Gasteiger partial charge in [0, 0.05) is 18.3 Å². The lowest BCUT2D eigenvalue weighted by atomic mass is 9.95. The fourth-order valence-electron chi connectivity index (χ4n) is 1.52. The highest BCUT2D eigenvalue weighted by Crippen LogP contribution is 2.22. The van der Waals surface area contributed by atoms with E-state index in [1.165, 1.54) is 5.69 Å². The fraction of sp³-hybridized carbons (Fsp3) is 0.417. The van der Waals surface area contributed by atoms with Crippen molar-refractivity contribution in [2.24, 2.45) is 5.92 Å². The first kappa shape index (κ1) is 9.25. The molecule has 74 valence electrons. The summed E-state index contributed by atoms with van der Waals surface area (Å²) in [7, 11) is 0. The van der Waals surface area contributed by atoms with Crippen LogP contribution in [0, 0.1) is 5.92 Å². The maximum absolute atomic E-state index is 4.60. The minimum Gasteiger partial charge on any atom is -0.307 e. The van der Waals surface area contributed by atoms with E-state index in [1.807, 2.05) is 24.4 Å². The second-order valence-corrected chi connectivity index (χ2v) is 4.16. The minimum absolute atomic E-state index is 0.523. The zero-order valence-electron chi connectivity index (χ0n) is 8.94. The van der Waals surface area contributed by atoms with Crippen LogP contribution in [0.5, 0.6) is 0 Å². The molecule has 0 saturated heterocycles. The van der Waals surface area contributed by atoms with Gasteiger partial charge in [0.1, 0.15) is 5.65 Å². The highest BCUT2D eigenvalue weighted by atomic mass is 15.0. The molecule has 2 heteroatoms. The molecular weight excluding hydrogens is 172 g/mol. The Balaban J connectivity index is 2.45. The van der Waals surface area contributed by atoms with Gasteiger partial charge in [-0.3, -0.25) is 0 Å². The molecule has 2 aromatic heterocycles. The molecule has 0 fully saturated rings.